The molecule has 2 rings (SSSR count). The predicted molar refractivity (Wildman–Crippen MR) is 76.2 cm³/mol. The van der Waals surface area contributed by atoms with E-state index < -0.39 is 5.97 Å². The van der Waals surface area contributed by atoms with E-state index in [0.717, 1.165) is 15.6 Å². The summed E-state index contributed by atoms with van der Waals surface area (Å²) in [6.45, 7) is 3.53. The van der Waals surface area contributed by atoms with Gasteiger partial charge in [0.2, 0.25) is 0 Å². The Hall–Kier alpha value is -1.87. The summed E-state index contributed by atoms with van der Waals surface area (Å²) in [6.07, 6.45) is 0. The molecule has 0 aliphatic heterocycles. The van der Waals surface area contributed by atoms with Gasteiger partial charge in [-0.25, -0.2) is 4.79 Å². The lowest BCUT2D eigenvalue weighted by atomic mass is 10.0. The molecule has 0 spiro atoms. The molecule has 2 nitrogen and oxygen atoms in total. The van der Waals surface area contributed by atoms with Gasteiger partial charge in [-0.3, -0.25) is 0 Å². The Morgan fingerprint density at radius 2 is 1.39 bits per heavy atom. The van der Waals surface area contributed by atoms with E-state index in [0.29, 0.717) is 5.56 Å². The van der Waals surface area contributed by atoms with Gasteiger partial charge in [-0.1, -0.05) is 58.9 Å². The number of rotatable bonds is 3. The molecule has 0 radical (unpaired) electrons. The Morgan fingerprint density at radius 3 is 1.83 bits per heavy atom. The third kappa shape index (κ3) is 2.68. The maximum absolute atomic E-state index is 10.8. The summed E-state index contributed by atoms with van der Waals surface area (Å²) < 4.78 is 1.03. The van der Waals surface area contributed by atoms with Crippen LogP contribution in [-0.4, -0.2) is 11.1 Å². The summed E-state index contributed by atoms with van der Waals surface area (Å²) >= 11 is 3.39. The van der Waals surface area contributed by atoms with Crippen molar-refractivity contribution in [2.24, 2.45) is 0 Å². The molecule has 1 N–H and O–H groups in total. The maximum atomic E-state index is 10.8. The van der Waals surface area contributed by atoms with Crippen molar-refractivity contribution in [2.75, 3.05) is 0 Å². The molecule has 2 aromatic carbocycles. The maximum Gasteiger partial charge on any atom is 0.335 e. The molecule has 0 atom stereocenters. The highest BCUT2D eigenvalue weighted by Crippen LogP contribution is 2.23. The lowest BCUT2D eigenvalue weighted by molar-refractivity contribution is -0.130. The first-order valence-electron chi connectivity index (χ1n) is 5.36. The van der Waals surface area contributed by atoms with Gasteiger partial charge >= 0.3 is 5.97 Å². The van der Waals surface area contributed by atoms with Crippen LogP contribution in [0.15, 0.2) is 59.6 Å². The van der Waals surface area contributed by atoms with E-state index in [4.69, 9.17) is 5.11 Å². The van der Waals surface area contributed by atoms with Crippen LogP contribution in [0.25, 0.3) is 16.7 Å². The van der Waals surface area contributed by atoms with E-state index in [1.165, 1.54) is 0 Å². The van der Waals surface area contributed by atoms with Crippen LogP contribution in [0.4, 0.5) is 0 Å². The number of halogens is 1. The minimum absolute atomic E-state index is 0.109. The van der Waals surface area contributed by atoms with Crippen molar-refractivity contribution in [1.29, 1.82) is 0 Å². The molecule has 0 aliphatic rings. The van der Waals surface area contributed by atoms with Gasteiger partial charge in [0.15, 0.2) is 0 Å². The van der Waals surface area contributed by atoms with Crippen LogP contribution in [0.3, 0.4) is 0 Å². The molecule has 0 aliphatic carbocycles. The molecule has 3 heteroatoms. The van der Waals surface area contributed by atoms with Crippen molar-refractivity contribution < 1.29 is 9.90 Å². The normalized spacial score (nSPS) is 10.1. The van der Waals surface area contributed by atoms with Gasteiger partial charge in [-0.05, 0) is 28.8 Å². The van der Waals surface area contributed by atoms with Gasteiger partial charge in [0, 0.05) is 4.47 Å². The van der Waals surface area contributed by atoms with E-state index in [2.05, 4.69) is 22.5 Å². The highest BCUT2D eigenvalue weighted by molar-refractivity contribution is 9.10. The fourth-order valence-electron chi connectivity index (χ4n) is 1.63. The molecule has 0 heterocycles. The molecule has 0 aromatic heterocycles. The Morgan fingerprint density at radius 1 is 0.944 bits per heavy atom. The Bertz CT molecular complexity index is 583. The zero-order valence-electron chi connectivity index (χ0n) is 9.56. The fourth-order valence-corrected chi connectivity index (χ4v) is 1.89. The van der Waals surface area contributed by atoms with Crippen molar-refractivity contribution >= 4 is 27.5 Å². The molecular weight excluding hydrogens is 292 g/mol. The molecule has 0 unspecified atom stereocenters. The number of carboxylic acid groups (broad SMARTS) is 1. The SMILES string of the molecule is C=C(C(=O)O)c1ccc(-c2ccc(Br)cc2)cc1. The molecule has 0 amide bonds. The quantitative estimate of drug-likeness (QED) is 0.862. The number of carbonyl (C=O) groups is 1. The predicted octanol–water partition coefficient (Wildman–Crippen LogP) is 4.21. The summed E-state index contributed by atoms with van der Waals surface area (Å²) in [5.74, 6) is -0.994. The minimum Gasteiger partial charge on any atom is -0.478 e. The Labute approximate surface area is 114 Å². The molecule has 18 heavy (non-hydrogen) atoms. The summed E-state index contributed by atoms with van der Waals surface area (Å²) in [5.41, 5.74) is 2.87. The van der Waals surface area contributed by atoms with Crippen molar-refractivity contribution in [3.63, 3.8) is 0 Å². The number of hydrogen-bond acceptors (Lipinski definition) is 1. The molecule has 0 saturated heterocycles. The van der Waals surface area contributed by atoms with E-state index in [-0.39, 0.29) is 5.57 Å². The lowest BCUT2D eigenvalue weighted by Crippen LogP contribution is -1.97. The van der Waals surface area contributed by atoms with Crippen molar-refractivity contribution in [2.45, 2.75) is 0 Å². The van der Waals surface area contributed by atoms with Crippen LogP contribution in [-0.2, 0) is 4.79 Å². The molecular formula is C15H11BrO2. The second-order valence-corrected chi connectivity index (χ2v) is 4.78. The largest absolute Gasteiger partial charge is 0.478 e. The fraction of sp³-hybridized carbons (Fsp3) is 0. The van der Waals surface area contributed by atoms with Crippen LogP contribution in [0.2, 0.25) is 0 Å². The van der Waals surface area contributed by atoms with Crippen molar-refractivity contribution in [1.82, 2.24) is 0 Å². The van der Waals surface area contributed by atoms with Gasteiger partial charge < -0.3 is 5.11 Å². The van der Waals surface area contributed by atoms with Crippen molar-refractivity contribution in [3.8, 4) is 11.1 Å². The van der Waals surface area contributed by atoms with E-state index in [1.54, 1.807) is 12.1 Å². The molecule has 90 valence electrons. The second kappa shape index (κ2) is 5.19. The summed E-state index contributed by atoms with van der Waals surface area (Å²) in [7, 11) is 0. The summed E-state index contributed by atoms with van der Waals surface area (Å²) in [6, 6.07) is 15.3. The average Bonchev–Trinajstić information content (AvgIpc) is 2.39. The lowest BCUT2D eigenvalue weighted by Gasteiger charge is -2.04. The van der Waals surface area contributed by atoms with E-state index in [9.17, 15) is 4.79 Å². The minimum atomic E-state index is -0.994. The van der Waals surface area contributed by atoms with Gasteiger partial charge in [0.25, 0.3) is 0 Å². The topological polar surface area (TPSA) is 37.3 Å². The third-order valence-electron chi connectivity index (χ3n) is 2.67. The Balaban J connectivity index is 2.30. The molecule has 0 bridgehead atoms. The number of hydrogen-bond donors (Lipinski definition) is 1. The average molecular weight is 303 g/mol. The number of aliphatic carboxylic acids is 1. The first-order valence-corrected chi connectivity index (χ1v) is 6.16. The highest BCUT2D eigenvalue weighted by atomic mass is 79.9. The van der Waals surface area contributed by atoms with Crippen LogP contribution >= 0.6 is 15.9 Å². The Kier molecular flexibility index (Phi) is 3.63. The zero-order chi connectivity index (χ0) is 13.1. The number of benzene rings is 2. The van der Waals surface area contributed by atoms with Crippen LogP contribution in [0.1, 0.15) is 5.56 Å². The van der Waals surface area contributed by atoms with Crippen LogP contribution in [0.5, 0.6) is 0 Å². The smallest absolute Gasteiger partial charge is 0.335 e. The molecule has 0 saturated carbocycles. The van der Waals surface area contributed by atoms with Gasteiger partial charge in [0.05, 0.1) is 5.57 Å². The van der Waals surface area contributed by atoms with Gasteiger partial charge in [-0.2, -0.15) is 0 Å². The van der Waals surface area contributed by atoms with E-state index >= 15 is 0 Å². The van der Waals surface area contributed by atoms with Gasteiger partial charge in [0.1, 0.15) is 0 Å². The second-order valence-electron chi connectivity index (χ2n) is 3.87. The van der Waals surface area contributed by atoms with Crippen molar-refractivity contribution in [3.05, 3.63) is 65.1 Å². The number of carboxylic acids is 1. The summed E-state index contributed by atoms with van der Waals surface area (Å²) in [4.78, 5) is 10.8. The van der Waals surface area contributed by atoms with Crippen LogP contribution < -0.4 is 0 Å². The first kappa shape index (κ1) is 12.6. The zero-order valence-corrected chi connectivity index (χ0v) is 11.1. The first-order chi connectivity index (χ1) is 8.58. The third-order valence-corrected chi connectivity index (χ3v) is 3.20. The standard InChI is InChI=1S/C15H11BrO2/c1-10(15(17)18)11-2-4-12(5-3-11)13-6-8-14(16)9-7-13/h2-9H,1H2,(H,17,18). The van der Waals surface area contributed by atoms with Gasteiger partial charge in [-0.15, -0.1) is 0 Å². The van der Waals surface area contributed by atoms with E-state index in [1.807, 2.05) is 36.4 Å². The monoisotopic (exact) mass is 302 g/mol. The summed E-state index contributed by atoms with van der Waals surface area (Å²) in [5, 5.41) is 8.85. The highest BCUT2D eigenvalue weighted by Gasteiger charge is 2.06. The van der Waals surface area contributed by atoms with Crippen LogP contribution in [0, 0.1) is 0 Å². The molecule has 2 aromatic rings. The molecule has 0 fully saturated rings.